The summed E-state index contributed by atoms with van der Waals surface area (Å²) in [7, 11) is 0. The standard InChI is InChI=1S/C20H10N8O8.Co/c29-25(30)17-15-6-5-13(23-15)8-12-2-1-10(21-12)7-11-3-4-14(22-11)9-16-18(26(31)32)20(27(33)34)19(17)24(16)28(35)36;/h1-9,22H;. The average molecular weight is 549 g/mol. The summed E-state index contributed by atoms with van der Waals surface area (Å²) in [6.07, 6.45) is 5.85. The van der Waals surface area contributed by atoms with Gasteiger partial charge in [0.05, 0.1) is 31.9 Å². The quantitative estimate of drug-likeness (QED) is 0.252. The Morgan fingerprint density at radius 3 is 1.81 bits per heavy atom. The van der Waals surface area contributed by atoms with Gasteiger partial charge in [-0.05, 0) is 59.3 Å². The van der Waals surface area contributed by atoms with Crippen LogP contribution in [0.2, 0.25) is 0 Å². The molecule has 5 heterocycles. The molecule has 3 aromatic rings. The number of fused-ring (bicyclic) bond motifs is 8. The van der Waals surface area contributed by atoms with E-state index in [1.54, 1.807) is 24.3 Å². The molecular weight excluding hydrogens is 539 g/mol. The first-order chi connectivity index (χ1) is 17.1. The second kappa shape index (κ2) is 9.05. The van der Waals surface area contributed by atoms with Crippen LogP contribution in [0.15, 0.2) is 30.3 Å². The molecule has 0 saturated heterocycles. The minimum absolute atomic E-state index is 0. The van der Waals surface area contributed by atoms with Crippen LogP contribution < -0.4 is 0 Å². The summed E-state index contributed by atoms with van der Waals surface area (Å²) in [5, 5.41) is 46.8. The molecule has 0 saturated carbocycles. The van der Waals surface area contributed by atoms with E-state index in [0.717, 1.165) is 12.1 Å². The van der Waals surface area contributed by atoms with E-state index in [9.17, 15) is 40.5 Å². The van der Waals surface area contributed by atoms with Crippen molar-refractivity contribution in [3.05, 3.63) is 93.6 Å². The number of nitrogens with zero attached hydrogens (tertiary/aromatic N) is 7. The largest absolute Gasteiger partial charge is 0.385 e. The van der Waals surface area contributed by atoms with E-state index in [-0.39, 0.29) is 32.7 Å². The first-order valence-electron chi connectivity index (χ1n) is 9.89. The fraction of sp³-hybridized carbons (Fsp3) is 0. The molecule has 2 aliphatic rings. The molecule has 37 heavy (non-hydrogen) atoms. The Morgan fingerprint density at radius 1 is 0.676 bits per heavy atom. The number of nitro groups is 4. The Balaban J connectivity index is 0.00000320. The molecule has 16 nitrogen and oxygen atoms in total. The first kappa shape index (κ1) is 24.8. The van der Waals surface area contributed by atoms with Gasteiger partial charge in [-0.15, -0.1) is 0 Å². The van der Waals surface area contributed by atoms with Crippen LogP contribution in [0.3, 0.4) is 0 Å². The van der Waals surface area contributed by atoms with E-state index in [4.69, 9.17) is 0 Å². The maximum Gasteiger partial charge on any atom is 0.385 e. The van der Waals surface area contributed by atoms with Gasteiger partial charge >= 0.3 is 17.1 Å². The zero-order chi connectivity index (χ0) is 25.7. The number of aromatic nitrogens is 4. The third kappa shape index (κ3) is 4.19. The summed E-state index contributed by atoms with van der Waals surface area (Å²) >= 11 is 0. The summed E-state index contributed by atoms with van der Waals surface area (Å²) in [6.45, 7) is 0. The maximum atomic E-state index is 12.1. The number of aromatic amines is 1. The van der Waals surface area contributed by atoms with Gasteiger partial charge in [-0.1, -0.05) is 0 Å². The monoisotopic (exact) mass is 549 g/mol. The number of hydrogen-bond donors (Lipinski definition) is 1. The molecule has 1 N–H and O–H groups in total. The number of hydrogen-bond acceptors (Lipinski definition) is 10. The van der Waals surface area contributed by atoms with Gasteiger partial charge in [0.2, 0.25) is 0 Å². The van der Waals surface area contributed by atoms with E-state index in [0.29, 0.717) is 16.9 Å². The predicted octanol–water partition coefficient (Wildman–Crippen LogP) is 3.89. The molecule has 2 aliphatic heterocycles. The fourth-order valence-electron chi connectivity index (χ4n) is 3.92. The van der Waals surface area contributed by atoms with Crippen LogP contribution in [-0.2, 0) is 16.8 Å². The number of nitrogens with one attached hydrogen (secondary N) is 1. The van der Waals surface area contributed by atoms with Crippen LogP contribution in [0.25, 0.3) is 46.4 Å². The molecule has 0 fully saturated rings. The zero-order valence-corrected chi connectivity index (χ0v) is 19.0. The molecule has 8 bridgehead atoms. The summed E-state index contributed by atoms with van der Waals surface area (Å²) < 4.78 is -0.0351. The van der Waals surface area contributed by atoms with Gasteiger partial charge < -0.3 is 4.98 Å². The minimum atomic E-state index is -1.41. The van der Waals surface area contributed by atoms with Crippen molar-refractivity contribution in [3.8, 4) is 0 Å². The Kier molecular flexibility index (Phi) is 6.07. The number of rotatable bonds is 4. The van der Waals surface area contributed by atoms with Crippen LogP contribution in [0.1, 0.15) is 22.8 Å². The smallest absolute Gasteiger partial charge is 0.355 e. The zero-order valence-electron chi connectivity index (χ0n) is 17.9. The molecule has 17 heteroatoms. The Hall–Kier alpha value is -5.29. The van der Waals surface area contributed by atoms with Crippen LogP contribution in [0.5, 0.6) is 0 Å². The van der Waals surface area contributed by atoms with E-state index in [1.165, 1.54) is 18.2 Å². The second-order valence-electron chi connectivity index (χ2n) is 7.45. The summed E-state index contributed by atoms with van der Waals surface area (Å²) in [6, 6.07) is 7.03. The van der Waals surface area contributed by atoms with Crippen molar-refractivity contribution < 1.29 is 36.6 Å². The van der Waals surface area contributed by atoms with Gasteiger partial charge in [-0.3, -0.25) is 30.3 Å². The minimum Gasteiger partial charge on any atom is -0.355 e. The molecule has 187 valence electrons. The maximum absolute atomic E-state index is 12.1. The third-order valence-electron chi connectivity index (χ3n) is 5.28. The fourth-order valence-corrected chi connectivity index (χ4v) is 3.92. The van der Waals surface area contributed by atoms with Gasteiger partial charge in [-0.25, -0.2) is 20.1 Å². The van der Waals surface area contributed by atoms with Crippen molar-refractivity contribution in [1.29, 1.82) is 0 Å². The van der Waals surface area contributed by atoms with Crippen LogP contribution in [0.4, 0.5) is 17.1 Å². The van der Waals surface area contributed by atoms with Gasteiger partial charge in [-0.2, -0.15) is 0 Å². The topological polar surface area (TPSA) is 219 Å². The molecule has 5 rings (SSSR count). The van der Waals surface area contributed by atoms with Gasteiger partial charge in [0.1, 0.15) is 5.69 Å². The van der Waals surface area contributed by atoms with Gasteiger partial charge in [0.25, 0.3) is 5.52 Å². The Bertz CT molecular complexity index is 1770. The molecular formula is C20H10CoN8O8. The molecule has 0 aliphatic carbocycles. The van der Waals surface area contributed by atoms with Crippen molar-refractivity contribution in [2.24, 2.45) is 0 Å². The van der Waals surface area contributed by atoms with Crippen LogP contribution >= 0.6 is 0 Å². The summed E-state index contributed by atoms with van der Waals surface area (Å²) in [4.78, 5) is 55.8. The summed E-state index contributed by atoms with van der Waals surface area (Å²) in [5.74, 6) is 0. The van der Waals surface area contributed by atoms with Gasteiger partial charge in [0, 0.05) is 27.8 Å². The molecule has 0 atom stereocenters. The normalized spacial score (nSPS) is 11.7. The van der Waals surface area contributed by atoms with Crippen molar-refractivity contribution in [3.63, 3.8) is 0 Å². The average Bonchev–Trinajstić information content (AvgIpc) is 3.56. The molecule has 3 aromatic heterocycles. The van der Waals surface area contributed by atoms with Crippen LogP contribution in [0, 0.1) is 40.5 Å². The van der Waals surface area contributed by atoms with Crippen molar-refractivity contribution in [2.45, 2.75) is 0 Å². The van der Waals surface area contributed by atoms with Crippen molar-refractivity contribution in [2.75, 3.05) is 0 Å². The predicted molar refractivity (Wildman–Crippen MR) is 125 cm³/mol. The molecule has 0 spiro atoms. The van der Waals surface area contributed by atoms with Gasteiger partial charge in [0.15, 0.2) is 10.5 Å². The van der Waals surface area contributed by atoms with E-state index < -0.39 is 53.6 Å². The van der Waals surface area contributed by atoms with E-state index in [1.807, 2.05) is 0 Å². The van der Waals surface area contributed by atoms with Crippen molar-refractivity contribution >= 4 is 63.4 Å². The first-order valence-corrected chi connectivity index (χ1v) is 9.89. The van der Waals surface area contributed by atoms with Crippen molar-refractivity contribution in [1.82, 2.24) is 19.6 Å². The second-order valence-corrected chi connectivity index (χ2v) is 7.45. The molecule has 0 unspecified atom stereocenters. The molecule has 0 amide bonds. The molecule has 0 aromatic carbocycles. The molecule has 1 radical (unpaired) electrons. The van der Waals surface area contributed by atoms with E-state index in [2.05, 4.69) is 15.0 Å². The van der Waals surface area contributed by atoms with E-state index >= 15 is 0 Å². The summed E-state index contributed by atoms with van der Waals surface area (Å²) in [5.41, 5.74) is -4.62. The Morgan fingerprint density at radius 2 is 1.22 bits per heavy atom. The Labute approximate surface area is 213 Å². The third-order valence-corrected chi connectivity index (χ3v) is 5.28. The van der Waals surface area contributed by atoms with Crippen LogP contribution in [-0.4, -0.2) is 39.4 Å². The SMILES string of the molecule is O=[N+]([O-])c1c([N+](=O)[O-])c2c([N+](=O)[O-])c3nc(cc4nc(cc5ccc(cc1n2[N+](=O)[O-])[nH]5)C=C4)C=C3.[Co]. The number of H-pyrrole nitrogens is 1.